The minimum atomic E-state index is -4.91. The van der Waals surface area contributed by atoms with Crippen molar-refractivity contribution < 1.29 is 81.2 Å². The van der Waals surface area contributed by atoms with Crippen LogP contribution in [-0.2, 0) is 76.1 Å². The number of nitrogens with zero attached hydrogens (tertiary/aromatic N) is 3. The molecule has 4 N–H and O–H groups in total. The fourth-order valence-electron chi connectivity index (χ4n) is 4.20. The summed E-state index contributed by atoms with van der Waals surface area (Å²) in [7, 11) is -8.61. The Kier molecular flexibility index (Phi) is 16.4. The van der Waals surface area contributed by atoms with Crippen molar-refractivity contribution in [3.8, 4) is 0 Å². The molecule has 3 heterocycles. The molecule has 0 bridgehead atoms. The number of thioether (sulfide) groups is 1. The van der Waals surface area contributed by atoms with Gasteiger partial charge in [-0.25, -0.2) is 29.3 Å². The maximum absolute atomic E-state index is 13.8. The number of carboxylic acid groups (broad SMARTS) is 1. The zero-order valence-electron chi connectivity index (χ0n) is 27.9. The number of rotatable bonds is 23. The van der Waals surface area contributed by atoms with Crippen LogP contribution < -0.4 is 11.1 Å². The van der Waals surface area contributed by atoms with Crippen molar-refractivity contribution in [2.45, 2.75) is 50.9 Å². The first-order valence-electron chi connectivity index (χ1n) is 14.9. The van der Waals surface area contributed by atoms with Gasteiger partial charge in [0, 0.05) is 16.7 Å². The molecule has 0 saturated carbocycles. The molecule has 0 aromatic carbocycles. The molecule has 0 spiro atoms. The molecule has 1 fully saturated rings. The number of nitrogen functional groups attached to an aromatic ring is 1. The number of carboxylic acids is 1. The average molecular weight is 806 g/mol. The Morgan fingerprint density at radius 3 is 2.04 bits per heavy atom. The Hall–Kier alpha value is -2.99. The molecular formula is C25H37N5O17P2S2. The highest BCUT2D eigenvalue weighted by Gasteiger charge is 2.57. The van der Waals surface area contributed by atoms with Crippen molar-refractivity contribution in [1.82, 2.24) is 15.2 Å². The minimum Gasteiger partial charge on any atom is -0.477 e. The van der Waals surface area contributed by atoms with Crippen molar-refractivity contribution in [2.75, 3.05) is 51.6 Å². The number of thiazole rings is 1. The van der Waals surface area contributed by atoms with E-state index in [0.717, 1.165) is 28.0 Å². The monoisotopic (exact) mass is 805 g/mol. The van der Waals surface area contributed by atoms with Gasteiger partial charge in [-0.15, -0.1) is 41.8 Å². The maximum Gasteiger partial charge on any atom is 0.400 e. The number of ether oxygens (including phenoxy) is 1. The summed E-state index contributed by atoms with van der Waals surface area (Å²) in [5.74, 6) is -4.42. The summed E-state index contributed by atoms with van der Waals surface area (Å²) in [6.07, 6.45) is -1.08. The number of aliphatic carboxylic acids is 1. The van der Waals surface area contributed by atoms with Gasteiger partial charge in [0.15, 0.2) is 16.2 Å². The molecule has 2 aliphatic heterocycles. The summed E-state index contributed by atoms with van der Waals surface area (Å²) < 4.78 is 52.6. The third-order valence-electron chi connectivity index (χ3n) is 6.28. The Labute approximate surface area is 298 Å². The van der Waals surface area contributed by atoms with E-state index in [0.29, 0.717) is 0 Å². The van der Waals surface area contributed by atoms with E-state index in [1.807, 2.05) is 0 Å². The molecule has 0 aliphatic carbocycles. The van der Waals surface area contributed by atoms with Crippen molar-refractivity contribution >= 4 is 72.9 Å². The van der Waals surface area contributed by atoms with E-state index in [1.54, 1.807) is 0 Å². The summed E-state index contributed by atoms with van der Waals surface area (Å²) in [4.78, 5) is 80.6. The van der Waals surface area contributed by atoms with E-state index in [-0.39, 0.29) is 54.3 Å². The van der Waals surface area contributed by atoms with E-state index >= 15 is 0 Å². The normalized spacial score (nSPS) is 18.0. The van der Waals surface area contributed by atoms with Crippen LogP contribution in [0.3, 0.4) is 0 Å². The summed E-state index contributed by atoms with van der Waals surface area (Å²) in [6, 6.07) is -1.16. The molecule has 51 heavy (non-hydrogen) atoms. The number of β-lactam (4-membered cyclic amide) rings is 1. The van der Waals surface area contributed by atoms with Crippen molar-refractivity contribution in [2.24, 2.45) is 5.16 Å². The molecule has 2 aliphatic rings. The first kappa shape index (κ1) is 42.4. The molecule has 2 amide bonds. The minimum absolute atomic E-state index is 0.00927. The smallest absolute Gasteiger partial charge is 0.400 e. The molecule has 0 unspecified atom stereocenters. The number of nitrogens with one attached hydrogen (secondary N) is 1. The van der Waals surface area contributed by atoms with Gasteiger partial charge in [0.2, 0.25) is 0 Å². The third-order valence-corrected chi connectivity index (χ3v) is 13.1. The number of aromatic nitrogens is 1. The van der Waals surface area contributed by atoms with Crippen LogP contribution in [0.25, 0.3) is 0 Å². The molecule has 22 nitrogen and oxygen atoms in total. The highest BCUT2D eigenvalue weighted by Crippen LogP contribution is 2.72. The molecule has 26 heteroatoms. The van der Waals surface area contributed by atoms with Gasteiger partial charge in [0.25, 0.3) is 11.8 Å². The lowest BCUT2D eigenvalue weighted by atomic mass is 10.0. The lowest BCUT2D eigenvalue weighted by molar-refractivity contribution is -0.272. The number of amides is 2. The van der Waals surface area contributed by atoms with Crippen LogP contribution in [0.5, 0.6) is 0 Å². The van der Waals surface area contributed by atoms with E-state index in [1.165, 1.54) is 40.2 Å². The number of nitrogens with two attached hydrogens (primary N) is 1. The van der Waals surface area contributed by atoms with Gasteiger partial charge in [0.05, 0.1) is 32.8 Å². The fraction of sp³-hybridized carbons (Fsp3) is 0.600. The van der Waals surface area contributed by atoms with E-state index in [9.17, 15) is 33.4 Å². The highest BCUT2D eigenvalue weighted by atomic mass is 32.2. The fourth-order valence-corrected chi connectivity index (χ4v) is 10.1. The number of esters is 1. The number of hydrogen-bond donors (Lipinski definition) is 3. The maximum atomic E-state index is 13.8. The zero-order chi connectivity index (χ0) is 37.8. The van der Waals surface area contributed by atoms with Crippen molar-refractivity contribution in [3.63, 3.8) is 0 Å². The standard InChI is InChI=1S/C25H37N5O17P2S2/c1-6-40-44-48(36,45-41-7-2)17(49(37,46-42-8-3)47-43-9-4)10-16(31)39-11-14-12-50-23-19(22(33)30(23)20(14)24(34)35)28-21(32)18(29-38-5)15-13-51-25(26)27-15/h13,17,19,23H,6-12H2,1-5H3,(H2,26,27)(H,28,32)(H,34,35)/t19-,23+/m1/s1. The van der Waals surface area contributed by atoms with Gasteiger partial charge < -0.3 is 25.7 Å². The van der Waals surface area contributed by atoms with Gasteiger partial charge in [0.1, 0.15) is 36.5 Å². The van der Waals surface area contributed by atoms with Crippen LogP contribution in [-0.4, -0.2) is 107 Å². The summed E-state index contributed by atoms with van der Waals surface area (Å²) in [5, 5.41) is 14.8. The van der Waals surface area contributed by atoms with Gasteiger partial charge in [-0.1, -0.05) is 5.16 Å². The predicted octanol–water partition coefficient (Wildman–Crippen LogP) is 2.33. The second kappa shape index (κ2) is 19.7. The van der Waals surface area contributed by atoms with E-state index < -0.39 is 74.5 Å². The van der Waals surface area contributed by atoms with E-state index in [4.69, 9.17) is 53.6 Å². The number of carbonyl (C=O) groups excluding carboxylic acids is 3. The third kappa shape index (κ3) is 10.6. The summed E-state index contributed by atoms with van der Waals surface area (Å²) in [5.41, 5.74) is 4.99. The Bertz CT molecular complexity index is 1520. The van der Waals surface area contributed by atoms with Crippen molar-refractivity contribution in [3.05, 3.63) is 22.3 Å². The lowest BCUT2D eigenvalue weighted by Gasteiger charge is -2.49. The molecule has 2 atom stereocenters. The molecule has 286 valence electrons. The van der Waals surface area contributed by atoms with Gasteiger partial charge in [-0.2, -0.15) is 0 Å². The molecule has 1 aromatic heterocycles. The van der Waals surface area contributed by atoms with Crippen LogP contribution in [0.2, 0.25) is 0 Å². The number of hydrogen-bond acceptors (Lipinski definition) is 21. The molecule has 1 saturated heterocycles. The Morgan fingerprint density at radius 1 is 1.04 bits per heavy atom. The second-order valence-electron chi connectivity index (χ2n) is 9.66. The molecule has 0 radical (unpaired) electrons. The summed E-state index contributed by atoms with van der Waals surface area (Å²) in [6.45, 7) is 4.48. The van der Waals surface area contributed by atoms with Crippen LogP contribution in [0.1, 0.15) is 39.8 Å². The number of fused-ring (bicyclic) bond motifs is 1. The Balaban J connectivity index is 1.82. The van der Waals surface area contributed by atoms with Crippen LogP contribution in [0.15, 0.2) is 21.8 Å². The number of oxime groups is 1. The largest absolute Gasteiger partial charge is 0.477 e. The molecule has 1 aromatic rings. The second-order valence-corrected chi connectivity index (χ2v) is 16.1. The highest BCUT2D eigenvalue weighted by molar-refractivity contribution is 8.00. The quantitative estimate of drug-likeness (QED) is 0.0357. The van der Waals surface area contributed by atoms with Crippen LogP contribution >= 0.6 is 38.3 Å². The number of anilines is 1. The SMILES string of the molecule is CCOOP(=O)(OOCC)C(CC(=O)OCC1=C(C(=O)O)N2C(=O)[C@@H](NC(=O)C(=NOC)c3csc(N)n3)[C@@H]2SC1)P(=O)(OOCC)OOCC. The Morgan fingerprint density at radius 2 is 1.59 bits per heavy atom. The zero-order valence-corrected chi connectivity index (χ0v) is 31.3. The van der Waals surface area contributed by atoms with Crippen LogP contribution in [0, 0.1) is 0 Å². The lowest BCUT2D eigenvalue weighted by Crippen LogP contribution is -2.71. The summed E-state index contributed by atoms with van der Waals surface area (Å²) >= 11 is 2.12. The first-order valence-corrected chi connectivity index (χ1v) is 20.1. The number of carbonyl (C=O) groups is 4. The van der Waals surface area contributed by atoms with E-state index in [2.05, 4.69) is 15.5 Å². The predicted molar refractivity (Wildman–Crippen MR) is 175 cm³/mol. The van der Waals surface area contributed by atoms with Crippen molar-refractivity contribution in [1.29, 1.82) is 0 Å². The average Bonchev–Trinajstić information content (AvgIpc) is 3.55. The molecular weight excluding hydrogens is 768 g/mol. The van der Waals surface area contributed by atoms with Gasteiger partial charge in [-0.3, -0.25) is 28.4 Å². The first-order chi connectivity index (χ1) is 24.3. The topological polar surface area (TPSA) is 281 Å². The van der Waals surface area contributed by atoms with Crippen LogP contribution in [0.4, 0.5) is 5.13 Å². The van der Waals surface area contributed by atoms with Gasteiger partial charge in [-0.05, 0) is 27.7 Å². The molecule has 3 rings (SSSR count). The van der Waals surface area contributed by atoms with Gasteiger partial charge >= 0.3 is 27.1 Å².